The standard InChI is InChI=1S/C32H35ClN4O8/c1-31(2,3)44-29(40)36-27(37-30(41)45-32(4,5)6)34-22-14-12-21(13-15-22)26(38)43-23-16-17-25(24(33)18-23)35-28(39)42-19-20-10-8-7-9-11-20/h7-18H,19H2,1-6H3,(H,35,39)(H2,34,36,37,40,41). The number of ether oxygens (including phenoxy) is 4. The second kappa shape index (κ2) is 15.1. The van der Waals surface area contributed by atoms with Crippen molar-refractivity contribution in [3.8, 4) is 5.75 Å². The topological polar surface area (TPSA) is 154 Å². The quantitative estimate of drug-likeness (QED) is 0.0833. The fraction of sp³-hybridized carbons (Fsp3) is 0.281. The summed E-state index contributed by atoms with van der Waals surface area (Å²) in [4.78, 5) is 53.8. The summed E-state index contributed by atoms with van der Waals surface area (Å²) in [7, 11) is 0. The van der Waals surface area contributed by atoms with Crippen LogP contribution >= 0.6 is 11.6 Å². The number of anilines is 1. The molecule has 0 aliphatic heterocycles. The molecule has 3 aromatic carbocycles. The predicted molar refractivity (Wildman–Crippen MR) is 169 cm³/mol. The Labute approximate surface area is 266 Å². The number of carbonyl (C=O) groups excluding carboxylic acids is 4. The van der Waals surface area contributed by atoms with E-state index in [1.807, 2.05) is 30.3 Å². The molecule has 3 rings (SSSR count). The molecule has 12 nitrogen and oxygen atoms in total. The Kier molecular flexibility index (Phi) is 11.5. The zero-order valence-corrected chi connectivity index (χ0v) is 26.5. The number of alkyl carbamates (subject to hydrolysis) is 2. The Bertz CT molecular complexity index is 1510. The summed E-state index contributed by atoms with van der Waals surface area (Å²) in [5, 5.41) is 7.44. The first-order chi connectivity index (χ1) is 21.1. The summed E-state index contributed by atoms with van der Waals surface area (Å²) >= 11 is 6.28. The molecule has 3 aromatic rings. The number of aliphatic imine (C=N–C) groups is 1. The van der Waals surface area contributed by atoms with Gasteiger partial charge in [-0.05, 0) is 83.5 Å². The average Bonchev–Trinajstić information content (AvgIpc) is 2.92. The van der Waals surface area contributed by atoms with Gasteiger partial charge in [0.15, 0.2) is 0 Å². The van der Waals surface area contributed by atoms with Gasteiger partial charge in [-0.2, -0.15) is 0 Å². The van der Waals surface area contributed by atoms with Crippen LogP contribution in [0.3, 0.4) is 0 Å². The summed E-state index contributed by atoms with van der Waals surface area (Å²) in [6.45, 7) is 10.2. The van der Waals surface area contributed by atoms with Gasteiger partial charge in [0.1, 0.15) is 23.6 Å². The van der Waals surface area contributed by atoms with E-state index in [0.29, 0.717) is 0 Å². The summed E-state index contributed by atoms with van der Waals surface area (Å²) in [5.74, 6) is -0.801. The lowest BCUT2D eigenvalue weighted by atomic mass is 10.2. The van der Waals surface area contributed by atoms with Gasteiger partial charge in [0.2, 0.25) is 5.96 Å². The normalized spacial score (nSPS) is 11.0. The third-order valence-electron chi connectivity index (χ3n) is 5.18. The van der Waals surface area contributed by atoms with Crippen molar-refractivity contribution in [2.45, 2.75) is 59.4 Å². The molecule has 3 amide bonds. The number of rotatable bonds is 6. The smallest absolute Gasteiger partial charge is 0.414 e. The molecule has 0 fully saturated rings. The molecule has 0 spiro atoms. The van der Waals surface area contributed by atoms with E-state index < -0.39 is 35.5 Å². The minimum Gasteiger partial charge on any atom is -0.444 e. The molecule has 0 saturated carbocycles. The van der Waals surface area contributed by atoms with E-state index in [4.69, 9.17) is 30.5 Å². The molecular weight excluding hydrogens is 604 g/mol. The highest BCUT2D eigenvalue weighted by Crippen LogP contribution is 2.28. The van der Waals surface area contributed by atoms with Crippen LogP contribution in [0.15, 0.2) is 77.8 Å². The lowest BCUT2D eigenvalue weighted by molar-refractivity contribution is 0.0544. The van der Waals surface area contributed by atoms with Gasteiger partial charge in [-0.3, -0.25) is 16.0 Å². The number of esters is 1. The molecule has 45 heavy (non-hydrogen) atoms. The Morgan fingerprint density at radius 1 is 0.756 bits per heavy atom. The van der Waals surface area contributed by atoms with Crippen molar-refractivity contribution in [1.29, 1.82) is 0 Å². The van der Waals surface area contributed by atoms with Gasteiger partial charge in [-0.15, -0.1) is 0 Å². The molecule has 0 aliphatic carbocycles. The van der Waals surface area contributed by atoms with Crippen molar-refractivity contribution in [3.63, 3.8) is 0 Å². The van der Waals surface area contributed by atoms with Gasteiger partial charge in [-0.1, -0.05) is 41.9 Å². The maximum atomic E-state index is 12.8. The van der Waals surface area contributed by atoms with Crippen LogP contribution in [0.2, 0.25) is 5.02 Å². The first kappa shape index (κ1) is 34.4. The molecule has 0 aliphatic rings. The second-order valence-corrected chi connectivity index (χ2v) is 11.9. The SMILES string of the molecule is CC(C)(C)OC(=O)NC(=Nc1ccc(C(=O)Oc2ccc(NC(=O)OCc3ccccc3)c(Cl)c2)cc1)NC(=O)OC(C)(C)C. The Morgan fingerprint density at radius 3 is 1.87 bits per heavy atom. The van der Waals surface area contributed by atoms with E-state index in [9.17, 15) is 19.2 Å². The highest BCUT2D eigenvalue weighted by atomic mass is 35.5. The first-order valence-corrected chi connectivity index (χ1v) is 14.1. The molecule has 3 N–H and O–H groups in total. The molecular formula is C32H35ClN4O8. The predicted octanol–water partition coefficient (Wildman–Crippen LogP) is 7.34. The van der Waals surface area contributed by atoms with Crippen LogP contribution in [0.4, 0.5) is 25.8 Å². The number of hydrogen-bond donors (Lipinski definition) is 3. The van der Waals surface area contributed by atoms with Crippen molar-refractivity contribution < 1.29 is 38.1 Å². The Morgan fingerprint density at radius 2 is 1.33 bits per heavy atom. The van der Waals surface area contributed by atoms with Crippen LogP contribution in [0.25, 0.3) is 0 Å². The van der Waals surface area contributed by atoms with Gasteiger partial charge in [-0.25, -0.2) is 24.2 Å². The molecule has 0 unspecified atom stereocenters. The van der Waals surface area contributed by atoms with E-state index in [-0.39, 0.29) is 40.3 Å². The van der Waals surface area contributed by atoms with Crippen LogP contribution in [-0.4, -0.2) is 41.4 Å². The van der Waals surface area contributed by atoms with Crippen molar-refractivity contribution in [1.82, 2.24) is 10.6 Å². The number of halogens is 1. The van der Waals surface area contributed by atoms with E-state index in [1.165, 1.54) is 42.5 Å². The largest absolute Gasteiger partial charge is 0.444 e. The molecule has 0 bridgehead atoms. The van der Waals surface area contributed by atoms with Crippen molar-refractivity contribution in [2.24, 2.45) is 4.99 Å². The van der Waals surface area contributed by atoms with E-state index >= 15 is 0 Å². The van der Waals surface area contributed by atoms with Gasteiger partial charge in [0, 0.05) is 6.07 Å². The third-order valence-corrected chi connectivity index (χ3v) is 5.50. The summed E-state index contributed by atoms with van der Waals surface area (Å²) in [6.07, 6.45) is -2.39. The molecule has 0 heterocycles. The van der Waals surface area contributed by atoms with Crippen molar-refractivity contribution >= 4 is 53.2 Å². The van der Waals surface area contributed by atoms with Crippen LogP contribution in [0, 0.1) is 0 Å². The van der Waals surface area contributed by atoms with E-state index in [1.54, 1.807) is 41.5 Å². The van der Waals surface area contributed by atoms with Gasteiger partial charge in [0.25, 0.3) is 0 Å². The van der Waals surface area contributed by atoms with Gasteiger partial charge < -0.3 is 18.9 Å². The fourth-order valence-electron chi connectivity index (χ4n) is 3.38. The Balaban J connectivity index is 1.64. The highest BCUT2D eigenvalue weighted by Gasteiger charge is 2.21. The lowest BCUT2D eigenvalue weighted by Crippen LogP contribution is -2.47. The first-order valence-electron chi connectivity index (χ1n) is 13.7. The number of hydrogen-bond acceptors (Lipinski definition) is 9. The third kappa shape index (κ3) is 12.6. The minimum absolute atomic E-state index is 0.0892. The van der Waals surface area contributed by atoms with Crippen LogP contribution in [0.1, 0.15) is 57.5 Å². The minimum atomic E-state index is -0.846. The van der Waals surface area contributed by atoms with E-state index in [2.05, 4.69) is 20.9 Å². The number of carbonyl (C=O) groups is 4. The number of benzene rings is 3. The fourth-order valence-corrected chi connectivity index (χ4v) is 3.60. The summed E-state index contributed by atoms with van der Waals surface area (Å²) in [5.41, 5.74) is -0.0227. The van der Waals surface area contributed by atoms with Crippen LogP contribution in [0.5, 0.6) is 5.75 Å². The maximum absolute atomic E-state index is 12.8. The highest BCUT2D eigenvalue weighted by molar-refractivity contribution is 6.33. The number of amides is 3. The molecule has 0 radical (unpaired) electrons. The number of guanidine groups is 1. The lowest BCUT2D eigenvalue weighted by Gasteiger charge is -2.22. The number of nitrogens with one attached hydrogen (secondary N) is 3. The zero-order chi connectivity index (χ0) is 33.2. The molecule has 0 aromatic heterocycles. The van der Waals surface area contributed by atoms with Gasteiger partial charge >= 0.3 is 24.2 Å². The monoisotopic (exact) mass is 638 g/mol. The zero-order valence-electron chi connectivity index (χ0n) is 25.7. The van der Waals surface area contributed by atoms with Crippen molar-refractivity contribution in [2.75, 3.05) is 5.32 Å². The van der Waals surface area contributed by atoms with Crippen LogP contribution < -0.4 is 20.7 Å². The van der Waals surface area contributed by atoms with Crippen molar-refractivity contribution in [3.05, 3.63) is 88.9 Å². The maximum Gasteiger partial charge on any atom is 0.414 e. The Hall–Kier alpha value is -5.10. The second-order valence-electron chi connectivity index (χ2n) is 11.5. The average molecular weight is 639 g/mol. The summed E-state index contributed by atoms with van der Waals surface area (Å²) in [6, 6.07) is 19.4. The molecule has 0 saturated heterocycles. The van der Waals surface area contributed by atoms with Gasteiger partial charge in [0.05, 0.1) is 22.0 Å². The molecule has 238 valence electrons. The number of nitrogens with zero attached hydrogens (tertiary/aromatic N) is 1. The summed E-state index contributed by atoms with van der Waals surface area (Å²) < 4.78 is 21.1. The van der Waals surface area contributed by atoms with E-state index in [0.717, 1.165) is 5.56 Å². The molecule has 0 atom stereocenters. The molecule has 13 heteroatoms. The van der Waals surface area contributed by atoms with Crippen LogP contribution in [-0.2, 0) is 20.8 Å².